The van der Waals surface area contributed by atoms with E-state index in [1.807, 2.05) is 0 Å². The molecule has 2 unspecified atom stereocenters. The number of anilines is 1. The zero-order valence-electron chi connectivity index (χ0n) is 22.9. The van der Waals surface area contributed by atoms with Crippen molar-refractivity contribution in [2.75, 3.05) is 32.0 Å². The zero-order valence-corrected chi connectivity index (χ0v) is 25.6. The van der Waals surface area contributed by atoms with Crippen LogP contribution in [-0.2, 0) is 36.4 Å². The number of hydrogen-bond acceptors (Lipinski definition) is 13. The van der Waals surface area contributed by atoms with Gasteiger partial charge in [0.2, 0.25) is 0 Å². The lowest BCUT2D eigenvalue weighted by Gasteiger charge is -2.19. The standard InChI is InChI=1S/C14H20N3O15P3.C6H15N/c15-13-8(3-1-2-4-12(19)20)6-17(14(21)16-13)11-5-9(18)10(30-11)7-29-34(25,26)32-35(27,28)31-33(22,23)24;1-4-7(5-2)6-3/h6,9-11,18H,2,4-5,7H2,(H,19,20)(H,25,26)(H,27,28)(H2,15,16,21)(H2,22,23,24);4-6H2,1-3H3/t9-,10+,11+;/m0./s1. The Kier molecular flexibility index (Phi) is 15.2. The first kappa shape index (κ1) is 38.0. The van der Waals surface area contributed by atoms with Gasteiger partial charge >= 0.3 is 35.1 Å². The summed E-state index contributed by atoms with van der Waals surface area (Å²) in [6.07, 6.45) is -3.27. The SMILES string of the molecule is CCN(CC)CC.Nc1nc(=O)n([C@H]2C[C@H](O)[C@@H](COP(=O)(O)OP(=O)(O)OP(=O)(O)O)O2)cc1C#CCCC(=O)O. The number of aliphatic hydroxyl groups excluding tert-OH is 1. The van der Waals surface area contributed by atoms with Gasteiger partial charge in [-0.05, 0) is 19.6 Å². The van der Waals surface area contributed by atoms with Gasteiger partial charge in [-0.2, -0.15) is 13.6 Å². The largest absolute Gasteiger partial charge is 0.490 e. The highest BCUT2D eigenvalue weighted by Crippen LogP contribution is 2.66. The Hall–Kier alpha value is -2.00. The van der Waals surface area contributed by atoms with E-state index in [0.29, 0.717) is 0 Å². The highest BCUT2D eigenvalue weighted by atomic mass is 31.3. The summed E-state index contributed by atoms with van der Waals surface area (Å²) in [5.41, 5.74) is 4.80. The lowest BCUT2D eigenvalue weighted by atomic mass is 10.2. The minimum Gasteiger partial charge on any atom is -0.481 e. The van der Waals surface area contributed by atoms with Crippen LogP contribution in [0.2, 0.25) is 0 Å². The van der Waals surface area contributed by atoms with E-state index >= 15 is 0 Å². The van der Waals surface area contributed by atoms with Crippen LogP contribution in [0.4, 0.5) is 5.82 Å². The van der Waals surface area contributed by atoms with Crippen LogP contribution in [0.15, 0.2) is 11.0 Å². The van der Waals surface area contributed by atoms with Crippen molar-refractivity contribution in [2.45, 2.75) is 58.5 Å². The summed E-state index contributed by atoms with van der Waals surface area (Å²) in [6.45, 7) is 9.19. The normalized spacial score (nSPS) is 21.4. The van der Waals surface area contributed by atoms with Gasteiger partial charge < -0.3 is 45.2 Å². The fourth-order valence-electron chi connectivity index (χ4n) is 3.29. The lowest BCUT2D eigenvalue weighted by Crippen LogP contribution is -2.29. The van der Waals surface area contributed by atoms with Gasteiger partial charge in [-0.3, -0.25) is 13.9 Å². The molecule has 1 aliphatic rings. The summed E-state index contributed by atoms with van der Waals surface area (Å²) in [6, 6.07) is 0. The van der Waals surface area contributed by atoms with Gasteiger partial charge in [0.05, 0.1) is 24.7 Å². The average Bonchev–Trinajstić information content (AvgIpc) is 3.21. The van der Waals surface area contributed by atoms with Crippen molar-refractivity contribution >= 4 is 35.3 Å². The Balaban J connectivity index is 0.00000112. The molecule has 0 amide bonds. The van der Waals surface area contributed by atoms with Gasteiger partial charge in [-0.15, -0.1) is 0 Å². The molecule has 8 N–H and O–H groups in total. The number of aromatic nitrogens is 2. The van der Waals surface area contributed by atoms with Crippen molar-refractivity contribution < 1.29 is 66.2 Å². The number of aliphatic carboxylic acids is 1. The van der Waals surface area contributed by atoms with Crippen LogP contribution in [0.25, 0.3) is 0 Å². The number of rotatable bonds is 13. The Bertz CT molecular complexity index is 1310. The number of nitrogens with zero attached hydrogens (tertiary/aromatic N) is 3. The Morgan fingerprint density at radius 1 is 1.14 bits per heavy atom. The minimum absolute atomic E-state index is 0.00475. The predicted octanol–water partition coefficient (Wildman–Crippen LogP) is 0.382. The minimum atomic E-state index is -5.72. The highest BCUT2D eigenvalue weighted by Gasteiger charge is 2.43. The van der Waals surface area contributed by atoms with E-state index in [1.165, 1.54) is 19.6 Å². The maximum atomic E-state index is 12.2. The molecule has 42 heavy (non-hydrogen) atoms. The summed E-state index contributed by atoms with van der Waals surface area (Å²) >= 11 is 0. The van der Waals surface area contributed by atoms with Crippen LogP contribution in [-0.4, -0.2) is 88.7 Å². The molecule has 240 valence electrons. The van der Waals surface area contributed by atoms with Crippen LogP contribution >= 0.6 is 23.5 Å². The average molecular weight is 664 g/mol. The third-order valence-corrected chi connectivity index (χ3v) is 9.14. The third-order valence-electron chi connectivity index (χ3n) is 5.34. The second kappa shape index (κ2) is 16.7. The molecule has 1 saturated heterocycles. The molecule has 2 rings (SSSR count). The molecule has 0 radical (unpaired) electrons. The molecule has 1 aromatic heterocycles. The Labute approximate surface area is 240 Å². The molecule has 0 spiro atoms. The van der Waals surface area contributed by atoms with Crippen molar-refractivity contribution in [3.05, 3.63) is 22.2 Å². The van der Waals surface area contributed by atoms with Crippen LogP contribution in [0.1, 0.15) is 51.8 Å². The van der Waals surface area contributed by atoms with Gasteiger partial charge in [0, 0.05) is 19.0 Å². The van der Waals surface area contributed by atoms with E-state index in [1.54, 1.807) is 0 Å². The molecule has 1 aliphatic heterocycles. The Morgan fingerprint density at radius 3 is 2.24 bits per heavy atom. The summed E-state index contributed by atoms with van der Waals surface area (Å²) in [5, 5.41) is 18.8. The number of ether oxygens (including phenoxy) is 1. The lowest BCUT2D eigenvalue weighted by molar-refractivity contribution is -0.136. The second-order valence-corrected chi connectivity index (χ2v) is 12.8. The van der Waals surface area contributed by atoms with E-state index in [9.17, 15) is 33.3 Å². The summed E-state index contributed by atoms with van der Waals surface area (Å²) in [4.78, 5) is 64.3. The highest BCUT2D eigenvalue weighted by molar-refractivity contribution is 7.66. The first-order valence-corrected chi connectivity index (χ1v) is 16.8. The van der Waals surface area contributed by atoms with E-state index < -0.39 is 60.2 Å². The zero-order chi connectivity index (χ0) is 32.3. The van der Waals surface area contributed by atoms with Crippen molar-refractivity contribution in [1.82, 2.24) is 14.5 Å². The first-order valence-electron chi connectivity index (χ1n) is 12.3. The molecule has 0 bridgehead atoms. The monoisotopic (exact) mass is 664 g/mol. The summed E-state index contributed by atoms with van der Waals surface area (Å²) in [5.74, 6) is 3.80. The summed E-state index contributed by atoms with van der Waals surface area (Å²) < 4.78 is 51.7. The molecule has 1 fully saturated rings. The van der Waals surface area contributed by atoms with Gasteiger partial charge in [0.15, 0.2) is 0 Å². The van der Waals surface area contributed by atoms with Crippen LogP contribution in [0, 0.1) is 11.8 Å². The molecular formula is C20H35N4O15P3. The molecule has 5 atom stereocenters. The number of carboxylic acids is 1. The fourth-order valence-corrected chi connectivity index (χ4v) is 6.32. The van der Waals surface area contributed by atoms with Crippen molar-refractivity contribution in [3.63, 3.8) is 0 Å². The number of aliphatic hydroxyl groups is 1. The molecular weight excluding hydrogens is 629 g/mol. The quantitative estimate of drug-likeness (QED) is 0.111. The van der Waals surface area contributed by atoms with Gasteiger partial charge in [-0.25, -0.2) is 18.5 Å². The maximum Gasteiger partial charge on any atom is 0.490 e. The van der Waals surface area contributed by atoms with Gasteiger partial charge in [-0.1, -0.05) is 32.6 Å². The molecule has 0 saturated carbocycles. The van der Waals surface area contributed by atoms with Crippen molar-refractivity contribution in [2.24, 2.45) is 0 Å². The van der Waals surface area contributed by atoms with Gasteiger partial charge in [0.25, 0.3) is 0 Å². The van der Waals surface area contributed by atoms with Crippen molar-refractivity contribution in [3.8, 4) is 11.8 Å². The first-order chi connectivity index (χ1) is 19.3. The number of hydrogen-bond donors (Lipinski definition) is 7. The molecule has 22 heteroatoms. The van der Waals surface area contributed by atoms with Crippen LogP contribution in [0.3, 0.4) is 0 Å². The molecule has 1 aromatic rings. The van der Waals surface area contributed by atoms with E-state index in [4.69, 9.17) is 30.3 Å². The summed E-state index contributed by atoms with van der Waals surface area (Å²) in [7, 11) is -16.7. The molecule has 2 heterocycles. The number of nitrogens with two attached hydrogens (primary N) is 1. The predicted molar refractivity (Wildman–Crippen MR) is 144 cm³/mol. The topological polar surface area (TPSA) is 291 Å². The number of carboxylic acid groups (broad SMARTS) is 1. The molecule has 0 aliphatic carbocycles. The maximum absolute atomic E-state index is 12.2. The number of phosphoric acid groups is 3. The fraction of sp³-hybridized carbons (Fsp3) is 0.650. The van der Waals surface area contributed by atoms with Crippen LogP contribution in [0.5, 0.6) is 0 Å². The molecule has 0 aromatic carbocycles. The third kappa shape index (κ3) is 14.0. The van der Waals surface area contributed by atoms with Gasteiger partial charge in [0.1, 0.15) is 18.1 Å². The second-order valence-electron chi connectivity index (χ2n) is 8.36. The van der Waals surface area contributed by atoms with Crippen molar-refractivity contribution in [1.29, 1.82) is 0 Å². The number of nitrogen functional groups attached to an aromatic ring is 1. The van der Waals surface area contributed by atoms with E-state index in [-0.39, 0.29) is 30.6 Å². The number of phosphoric ester groups is 1. The smallest absolute Gasteiger partial charge is 0.481 e. The number of carbonyl (C=O) groups is 1. The van der Waals surface area contributed by atoms with E-state index in [2.05, 4.69) is 55.6 Å². The molecule has 19 nitrogen and oxygen atoms in total. The van der Waals surface area contributed by atoms with Crippen LogP contribution < -0.4 is 11.4 Å². The Morgan fingerprint density at radius 2 is 1.74 bits per heavy atom. The van der Waals surface area contributed by atoms with E-state index in [0.717, 1.165) is 10.8 Å².